The molecule has 0 aromatic carbocycles. The van der Waals surface area contributed by atoms with Crippen LogP contribution in [0.25, 0.3) is 0 Å². The molecule has 0 fully saturated rings. The van der Waals surface area contributed by atoms with Crippen LogP contribution in [-0.2, 0) is 5.67 Å². The van der Waals surface area contributed by atoms with E-state index in [-0.39, 0.29) is 0 Å². The molecule has 1 aromatic heterocycles. The molecule has 0 radical (unpaired) electrons. The molecule has 0 unspecified atom stereocenters. The number of thioether (sulfide) groups is 1. The van der Waals surface area contributed by atoms with Crippen molar-refractivity contribution in [1.82, 2.24) is 4.98 Å². The molecule has 0 saturated carbocycles. The fourth-order valence-corrected chi connectivity index (χ4v) is 1.64. The van der Waals surface area contributed by atoms with Gasteiger partial charge in [-0.15, -0.1) is 11.8 Å². The molecule has 0 N–H and O–H groups in total. The highest BCUT2D eigenvalue weighted by Gasteiger charge is 2.20. The van der Waals surface area contributed by atoms with Gasteiger partial charge in [-0.05, 0) is 39.2 Å². The van der Waals surface area contributed by atoms with Gasteiger partial charge in [-0.1, -0.05) is 13.8 Å². The second-order valence-corrected chi connectivity index (χ2v) is 4.30. The first-order valence-electron chi connectivity index (χ1n) is 5.16. The molecule has 0 saturated heterocycles. The van der Waals surface area contributed by atoms with Crippen LogP contribution >= 0.6 is 11.8 Å². The zero-order valence-electron chi connectivity index (χ0n) is 10.4. The second-order valence-electron chi connectivity index (χ2n) is 3.46. The molecular weight excluding hydrogens is 209 g/mol. The Labute approximate surface area is 96.5 Å². The summed E-state index contributed by atoms with van der Waals surface area (Å²) in [4.78, 5) is 5.32. The molecule has 86 valence electrons. The van der Waals surface area contributed by atoms with Gasteiger partial charge in [-0.25, -0.2) is 4.39 Å². The molecule has 0 amide bonds. The number of hydrogen-bond donors (Lipinski definition) is 0. The van der Waals surface area contributed by atoms with Crippen LogP contribution in [-0.4, -0.2) is 11.2 Å². The van der Waals surface area contributed by atoms with E-state index in [9.17, 15) is 4.39 Å². The minimum absolute atomic E-state index is 0.503. The van der Waals surface area contributed by atoms with Crippen LogP contribution in [0.3, 0.4) is 0 Å². The van der Waals surface area contributed by atoms with E-state index >= 15 is 0 Å². The largest absolute Gasteiger partial charge is 0.254 e. The third kappa shape index (κ3) is 4.20. The first-order chi connectivity index (χ1) is 6.95. The summed E-state index contributed by atoms with van der Waals surface area (Å²) in [5.74, 6) is 0. The monoisotopic (exact) mass is 229 g/mol. The smallest absolute Gasteiger partial charge is 0.147 e. The quantitative estimate of drug-likeness (QED) is 0.700. The summed E-state index contributed by atoms with van der Waals surface area (Å²) >= 11 is 1.63. The van der Waals surface area contributed by atoms with E-state index in [0.717, 1.165) is 10.6 Å². The molecule has 0 spiro atoms. The van der Waals surface area contributed by atoms with Crippen molar-refractivity contribution in [3.8, 4) is 0 Å². The summed E-state index contributed by atoms with van der Waals surface area (Å²) in [5, 5.41) is 0. The number of pyridine rings is 1. The lowest BCUT2D eigenvalue weighted by Crippen LogP contribution is -2.12. The molecule has 15 heavy (non-hydrogen) atoms. The van der Waals surface area contributed by atoms with Crippen molar-refractivity contribution in [2.75, 3.05) is 6.26 Å². The van der Waals surface area contributed by atoms with Gasteiger partial charge in [-0.2, -0.15) is 0 Å². The fraction of sp³-hybridized carbons (Fsp3) is 0.583. The minimum Gasteiger partial charge on any atom is -0.254 e. The lowest BCUT2D eigenvalue weighted by atomic mass is 10.1. The van der Waals surface area contributed by atoms with Crippen LogP contribution in [0.5, 0.6) is 0 Å². The summed E-state index contributed by atoms with van der Waals surface area (Å²) in [5.41, 5.74) is 0.0559. The molecule has 0 aliphatic rings. The number of halogens is 1. The topological polar surface area (TPSA) is 12.9 Å². The van der Waals surface area contributed by atoms with Crippen LogP contribution < -0.4 is 0 Å². The van der Waals surface area contributed by atoms with Crippen LogP contribution in [0.4, 0.5) is 4.39 Å². The van der Waals surface area contributed by atoms with E-state index in [2.05, 4.69) is 4.98 Å². The maximum Gasteiger partial charge on any atom is 0.147 e. The third-order valence-electron chi connectivity index (χ3n) is 1.87. The van der Waals surface area contributed by atoms with Crippen LogP contribution in [0.15, 0.2) is 17.0 Å². The summed E-state index contributed by atoms with van der Waals surface area (Å²) in [6.45, 7) is 8.95. The summed E-state index contributed by atoms with van der Waals surface area (Å²) < 4.78 is 13.5. The van der Waals surface area contributed by atoms with Crippen LogP contribution in [0.1, 0.15) is 39.1 Å². The van der Waals surface area contributed by atoms with Gasteiger partial charge in [0.1, 0.15) is 5.67 Å². The first kappa shape index (κ1) is 14.4. The zero-order valence-corrected chi connectivity index (χ0v) is 11.2. The Hall–Kier alpha value is -0.570. The lowest BCUT2D eigenvalue weighted by Gasteiger charge is -2.14. The van der Waals surface area contributed by atoms with Gasteiger partial charge in [0.2, 0.25) is 0 Å². The van der Waals surface area contributed by atoms with Gasteiger partial charge in [0.15, 0.2) is 0 Å². The van der Waals surface area contributed by atoms with Gasteiger partial charge >= 0.3 is 0 Å². The van der Waals surface area contributed by atoms with Gasteiger partial charge in [0.05, 0.1) is 11.4 Å². The number of aryl methyl sites for hydroxylation is 1. The van der Waals surface area contributed by atoms with Crippen molar-refractivity contribution < 1.29 is 4.39 Å². The fourth-order valence-electron chi connectivity index (χ4n) is 1.10. The van der Waals surface area contributed by atoms with E-state index < -0.39 is 5.67 Å². The van der Waals surface area contributed by atoms with E-state index in [0.29, 0.717) is 5.69 Å². The molecule has 1 aromatic rings. The molecule has 0 aliphatic carbocycles. The zero-order chi connectivity index (χ0) is 12.1. The normalized spacial score (nSPS) is 10.6. The van der Waals surface area contributed by atoms with Gasteiger partial charge < -0.3 is 0 Å². The van der Waals surface area contributed by atoms with Crippen LogP contribution in [0.2, 0.25) is 0 Å². The van der Waals surface area contributed by atoms with E-state index in [1.165, 1.54) is 13.8 Å². The molecule has 0 aliphatic heterocycles. The SMILES string of the molecule is CC.CSc1ccc(C(C)(C)F)nc1C. The number of aromatic nitrogens is 1. The Morgan fingerprint density at radius 2 is 1.80 bits per heavy atom. The maximum absolute atomic E-state index is 13.5. The van der Waals surface area contributed by atoms with Crippen molar-refractivity contribution >= 4 is 11.8 Å². The van der Waals surface area contributed by atoms with Gasteiger partial charge in [0.25, 0.3) is 0 Å². The highest BCUT2D eigenvalue weighted by Crippen LogP contribution is 2.26. The predicted molar refractivity (Wildman–Crippen MR) is 66.2 cm³/mol. The Bertz CT molecular complexity index is 305. The molecule has 0 bridgehead atoms. The second kappa shape index (κ2) is 6.11. The third-order valence-corrected chi connectivity index (χ3v) is 2.74. The first-order valence-corrected chi connectivity index (χ1v) is 6.38. The molecule has 0 atom stereocenters. The van der Waals surface area contributed by atoms with Crippen molar-refractivity contribution in [3.05, 3.63) is 23.5 Å². The van der Waals surface area contributed by atoms with Crippen molar-refractivity contribution in [3.63, 3.8) is 0 Å². The number of rotatable bonds is 2. The predicted octanol–water partition coefficient (Wildman–Crippen LogP) is 4.34. The summed E-state index contributed by atoms with van der Waals surface area (Å²) in [7, 11) is 0. The van der Waals surface area contributed by atoms with Crippen molar-refractivity contribution in [2.24, 2.45) is 0 Å². The standard InChI is InChI=1S/C10H14FNS.C2H6/c1-7-8(13-4)5-6-9(12-7)10(2,3)11;1-2/h5-6H,1-4H3;1-2H3. The van der Waals surface area contributed by atoms with Crippen molar-refractivity contribution in [2.45, 2.75) is 45.2 Å². The Balaban J connectivity index is 0.000000921. The number of hydrogen-bond acceptors (Lipinski definition) is 2. The van der Waals surface area contributed by atoms with Crippen LogP contribution in [0, 0.1) is 6.92 Å². The van der Waals surface area contributed by atoms with Gasteiger partial charge in [-0.3, -0.25) is 4.98 Å². The molecule has 1 rings (SSSR count). The van der Waals surface area contributed by atoms with E-state index in [4.69, 9.17) is 0 Å². The van der Waals surface area contributed by atoms with Gasteiger partial charge in [0, 0.05) is 4.90 Å². The highest BCUT2D eigenvalue weighted by atomic mass is 32.2. The Kier molecular flexibility index (Phi) is 5.88. The molecule has 1 nitrogen and oxygen atoms in total. The minimum atomic E-state index is -1.35. The molecule has 1 heterocycles. The number of nitrogens with zero attached hydrogens (tertiary/aromatic N) is 1. The molecule has 3 heteroatoms. The average Bonchev–Trinajstić information content (AvgIpc) is 2.19. The summed E-state index contributed by atoms with van der Waals surface area (Å²) in [6, 6.07) is 3.67. The molecular formula is C12H20FNS. The number of alkyl halides is 1. The summed E-state index contributed by atoms with van der Waals surface area (Å²) in [6.07, 6.45) is 1.99. The lowest BCUT2D eigenvalue weighted by molar-refractivity contribution is 0.214. The van der Waals surface area contributed by atoms with Crippen molar-refractivity contribution in [1.29, 1.82) is 0 Å². The highest BCUT2D eigenvalue weighted by molar-refractivity contribution is 7.98. The average molecular weight is 229 g/mol. The Morgan fingerprint density at radius 1 is 1.27 bits per heavy atom. The van der Waals surface area contributed by atoms with E-state index in [1.54, 1.807) is 17.8 Å². The Morgan fingerprint density at radius 3 is 2.13 bits per heavy atom. The van der Waals surface area contributed by atoms with E-state index in [1.807, 2.05) is 33.1 Å². The maximum atomic E-state index is 13.5.